The maximum absolute atomic E-state index is 11.5. The summed E-state index contributed by atoms with van der Waals surface area (Å²) in [6, 6.07) is 5.29. The molecule has 0 spiro atoms. The highest BCUT2D eigenvalue weighted by atomic mass is 32.2. The van der Waals surface area contributed by atoms with Crippen LogP contribution in [-0.4, -0.2) is 40.0 Å². The fourth-order valence-electron chi connectivity index (χ4n) is 2.75. The average Bonchev–Trinajstić information content (AvgIpc) is 3.14. The zero-order valence-corrected chi connectivity index (χ0v) is 12.2. The lowest BCUT2D eigenvalue weighted by molar-refractivity contribution is 0.418. The zero-order valence-electron chi connectivity index (χ0n) is 11.4. The molecule has 1 fully saturated rings. The fraction of sp³-hybridized carbons (Fsp3) is 0.308. The van der Waals surface area contributed by atoms with Crippen LogP contribution >= 0.6 is 0 Å². The lowest BCUT2D eigenvalue weighted by Gasteiger charge is -1.98. The van der Waals surface area contributed by atoms with Gasteiger partial charge in [0.15, 0.2) is 15.7 Å². The molecule has 3 heterocycles. The average molecular weight is 320 g/mol. The van der Waals surface area contributed by atoms with Crippen LogP contribution in [0.1, 0.15) is 18.2 Å². The normalized spacial score (nSPS) is 20.6. The van der Waals surface area contributed by atoms with Gasteiger partial charge in [-0.2, -0.15) is 4.98 Å². The molecule has 22 heavy (non-hydrogen) atoms. The third-order valence-electron chi connectivity index (χ3n) is 3.82. The summed E-state index contributed by atoms with van der Waals surface area (Å²) in [5.74, 6) is 0.637. The number of aromatic amines is 2. The summed E-state index contributed by atoms with van der Waals surface area (Å²) < 4.78 is 28.3. The molecular weight excluding hydrogens is 308 g/mol. The molecule has 1 aliphatic rings. The van der Waals surface area contributed by atoms with Crippen molar-refractivity contribution in [2.75, 3.05) is 11.5 Å². The van der Waals surface area contributed by atoms with Crippen LogP contribution < -0.4 is 5.69 Å². The topological polar surface area (TPSA) is 122 Å². The van der Waals surface area contributed by atoms with Gasteiger partial charge in [0.1, 0.15) is 0 Å². The predicted molar refractivity (Wildman–Crippen MR) is 78.2 cm³/mol. The first-order valence-corrected chi connectivity index (χ1v) is 8.59. The fourth-order valence-corrected chi connectivity index (χ4v) is 4.48. The summed E-state index contributed by atoms with van der Waals surface area (Å²) in [7, 11) is -3.00. The van der Waals surface area contributed by atoms with Crippen molar-refractivity contribution in [1.82, 2.24) is 20.1 Å². The monoisotopic (exact) mass is 320 g/mol. The van der Waals surface area contributed by atoms with Gasteiger partial charge in [0, 0.05) is 5.92 Å². The number of nitrogens with one attached hydrogen (secondary N) is 2. The van der Waals surface area contributed by atoms with Crippen LogP contribution in [0.2, 0.25) is 0 Å². The van der Waals surface area contributed by atoms with E-state index in [0.29, 0.717) is 28.8 Å². The highest BCUT2D eigenvalue weighted by molar-refractivity contribution is 7.91. The minimum absolute atomic E-state index is 0.0527. The molecule has 1 atom stereocenters. The molecule has 3 aromatic rings. The van der Waals surface area contributed by atoms with Gasteiger partial charge in [-0.1, -0.05) is 11.2 Å². The molecule has 0 amide bonds. The molecule has 2 aromatic heterocycles. The number of sulfone groups is 1. The van der Waals surface area contributed by atoms with Crippen LogP contribution in [0.3, 0.4) is 0 Å². The standard InChI is InChI=1S/C13H12N4O4S/c18-13-14-9-3-1-2-8(10(9)15-13)12-16-11(17-21-12)7-4-5-22(19,20)6-7/h1-3,7H,4-6H2,(H2,14,15,18). The Morgan fingerprint density at radius 2 is 2.14 bits per heavy atom. The molecule has 9 heteroatoms. The lowest BCUT2D eigenvalue weighted by Crippen LogP contribution is -2.05. The molecule has 8 nitrogen and oxygen atoms in total. The Morgan fingerprint density at radius 1 is 1.27 bits per heavy atom. The van der Waals surface area contributed by atoms with Crippen LogP contribution in [0.15, 0.2) is 27.5 Å². The van der Waals surface area contributed by atoms with E-state index >= 15 is 0 Å². The minimum atomic E-state index is -3.00. The maximum Gasteiger partial charge on any atom is 0.323 e. The number of H-pyrrole nitrogens is 2. The summed E-state index contributed by atoms with van der Waals surface area (Å²) in [6.07, 6.45) is 0.506. The van der Waals surface area contributed by atoms with E-state index < -0.39 is 9.84 Å². The number of benzene rings is 1. The van der Waals surface area contributed by atoms with Gasteiger partial charge in [0.2, 0.25) is 0 Å². The Hall–Kier alpha value is -2.42. The van der Waals surface area contributed by atoms with E-state index in [1.807, 2.05) is 0 Å². The Bertz CT molecular complexity index is 1010. The van der Waals surface area contributed by atoms with E-state index in [4.69, 9.17) is 4.52 Å². The molecule has 1 aromatic carbocycles. The molecule has 1 saturated heterocycles. The van der Waals surface area contributed by atoms with Crippen molar-refractivity contribution >= 4 is 20.9 Å². The number of hydrogen-bond acceptors (Lipinski definition) is 6. The van der Waals surface area contributed by atoms with Crippen LogP contribution in [-0.2, 0) is 9.84 Å². The number of para-hydroxylation sites is 1. The summed E-state index contributed by atoms with van der Waals surface area (Å²) >= 11 is 0. The van der Waals surface area contributed by atoms with E-state index in [-0.39, 0.29) is 29.0 Å². The van der Waals surface area contributed by atoms with E-state index in [0.717, 1.165) is 0 Å². The number of fused-ring (bicyclic) bond motifs is 1. The molecule has 1 aliphatic heterocycles. The summed E-state index contributed by atoms with van der Waals surface area (Å²) in [4.78, 5) is 21.1. The van der Waals surface area contributed by atoms with Gasteiger partial charge in [-0.25, -0.2) is 13.2 Å². The largest absolute Gasteiger partial charge is 0.334 e. The molecule has 0 saturated carbocycles. The third-order valence-corrected chi connectivity index (χ3v) is 5.59. The summed E-state index contributed by atoms with van der Waals surface area (Å²) in [5, 5.41) is 3.90. The van der Waals surface area contributed by atoms with Crippen LogP contribution in [0.5, 0.6) is 0 Å². The highest BCUT2D eigenvalue weighted by Crippen LogP contribution is 2.30. The molecule has 0 bridgehead atoms. The van der Waals surface area contributed by atoms with Gasteiger partial charge < -0.3 is 14.5 Å². The van der Waals surface area contributed by atoms with E-state index in [1.54, 1.807) is 18.2 Å². The third kappa shape index (κ3) is 2.13. The number of imidazole rings is 1. The SMILES string of the molecule is O=c1[nH]c2cccc(-c3nc(C4CCS(=O)(=O)C4)no3)c2[nH]1. The van der Waals surface area contributed by atoms with Crippen molar-refractivity contribution in [2.24, 2.45) is 0 Å². The molecule has 2 N–H and O–H groups in total. The van der Waals surface area contributed by atoms with Gasteiger partial charge in [0.25, 0.3) is 5.89 Å². The van der Waals surface area contributed by atoms with Crippen LogP contribution in [0.4, 0.5) is 0 Å². The molecular formula is C13H12N4O4S. The first-order valence-electron chi connectivity index (χ1n) is 6.77. The predicted octanol–water partition coefficient (Wildman–Crippen LogP) is 0.808. The van der Waals surface area contributed by atoms with Gasteiger partial charge in [0.05, 0.1) is 28.1 Å². The molecule has 0 radical (unpaired) electrons. The zero-order chi connectivity index (χ0) is 15.3. The Balaban J connectivity index is 1.76. The van der Waals surface area contributed by atoms with Crippen molar-refractivity contribution < 1.29 is 12.9 Å². The first kappa shape index (κ1) is 13.3. The maximum atomic E-state index is 11.5. The van der Waals surface area contributed by atoms with Crippen LogP contribution in [0.25, 0.3) is 22.5 Å². The molecule has 4 rings (SSSR count). The van der Waals surface area contributed by atoms with Gasteiger partial charge in [-0.05, 0) is 18.6 Å². The molecule has 114 valence electrons. The molecule has 0 aliphatic carbocycles. The van der Waals surface area contributed by atoms with Gasteiger partial charge in [-0.3, -0.25) is 0 Å². The van der Waals surface area contributed by atoms with Crippen molar-refractivity contribution in [3.63, 3.8) is 0 Å². The van der Waals surface area contributed by atoms with E-state index in [1.165, 1.54) is 0 Å². The molecule has 1 unspecified atom stereocenters. The number of nitrogens with zero attached hydrogens (tertiary/aromatic N) is 2. The lowest BCUT2D eigenvalue weighted by atomic mass is 10.1. The number of rotatable bonds is 2. The highest BCUT2D eigenvalue weighted by Gasteiger charge is 2.32. The second kappa shape index (κ2) is 4.54. The van der Waals surface area contributed by atoms with Crippen molar-refractivity contribution in [1.29, 1.82) is 0 Å². The Kier molecular flexibility index (Phi) is 2.73. The second-order valence-corrected chi connectivity index (χ2v) is 7.59. The second-order valence-electron chi connectivity index (χ2n) is 5.36. The van der Waals surface area contributed by atoms with E-state index in [2.05, 4.69) is 20.1 Å². The van der Waals surface area contributed by atoms with Crippen molar-refractivity contribution in [3.05, 3.63) is 34.5 Å². The quantitative estimate of drug-likeness (QED) is 0.720. The van der Waals surface area contributed by atoms with Crippen LogP contribution in [0, 0.1) is 0 Å². The van der Waals surface area contributed by atoms with E-state index in [9.17, 15) is 13.2 Å². The first-order chi connectivity index (χ1) is 10.5. The summed E-state index contributed by atoms with van der Waals surface area (Å²) in [6.45, 7) is 0. The Labute approximate surface area is 124 Å². The Morgan fingerprint density at radius 3 is 2.91 bits per heavy atom. The number of hydrogen-bond donors (Lipinski definition) is 2. The summed E-state index contributed by atoms with van der Waals surface area (Å²) in [5.41, 5.74) is 1.52. The van der Waals surface area contributed by atoms with Gasteiger partial charge >= 0.3 is 5.69 Å². The van der Waals surface area contributed by atoms with Crippen molar-refractivity contribution in [3.8, 4) is 11.5 Å². The smallest absolute Gasteiger partial charge is 0.323 e. The minimum Gasteiger partial charge on any atom is -0.334 e. The van der Waals surface area contributed by atoms with Crippen molar-refractivity contribution in [2.45, 2.75) is 12.3 Å². The van der Waals surface area contributed by atoms with Gasteiger partial charge in [-0.15, -0.1) is 0 Å². The number of aromatic nitrogens is 4.